The van der Waals surface area contributed by atoms with Crippen LogP contribution < -0.4 is 5.30 Å². The fraction of sp³-hybridized carbons (Fsp3) is 0.133. The number of benzene rings is 4. The average Bonchev–Trinajstić information content (AvgIpc) is 2.94. The molecule has 9 heteroatoms. The van der Waals surface area contributed by atoms with Crippen LogP contribution in [0.3, 0.4) is 0 Å². The highest BCUT2D eigenvalue weighted by Gasteiger charge is 2.20. The second-order valence-corrected chi connectivity index (χ2v) is 10.6. The van der Waals surface area contributed by atoms with Crippen LogP contribution in [0, 0.1) is 6.92 Å². The van der Waals surface area contributed by atoms with E-state index in [1.807, 2.05) is 49.4 Å². The van der Waals surface area contributed by atoms with Gasteiger partial charge >= 0.3 is 11.9 Å². The lowest BCUT2D eigenvalue weighted by Gasteiger charge is -2.21. The molecule has 0 fully saturated rings. The maximum Gasteiger partial charge on any atom is 0.337 e. The number of carbonyl (C=O) groups is 2. The van der Waals surface area contributed by atoms with Gasteiger partial charge in [-0.2, -0.15) is 8.42 Å². The zero-order valence-electron chi connectivity index (χ0n) is 21.7. The maximum absolute atomic E-state index is 11.7. The van der Waals surface area contributed by atoms with E-state index in [1.54, 1.807) is 36.4 Å². The van der Waals surface area contributed by atoms with Crippen molar-refractivity contribution >= 4 is 36.6 Å². The lowest BCUT2D eigenvalue weighted by molar-refractivity contribution is 0.0592. The van der Waals surface area contributed by atoms with Crippen LogP contribution in [0.15, 0.2) is 102 Å². The molecule has 0 bridgehead atoms. The van der Waals surface area contributed by atoms with Crippen molar-refractivity contribution in [3.8, 4) is 0 Å². The summed E-state index contributed by atoms with van der Waals surface area (Å²) in [4.78, 5) is 23.4. The van der Waals surface area contributed by atoms with Crippen LogP contribution in [-0.4, -0.2) is 39.1 Å². The van der Waals surface area contributed by atoms with Crippen molar-refractivity contribution in [3.05, 3.63) is 130 Å². The minimum atomic E-state index is -4.02. The third kappa shape index (κ3) is 7.83. The smallest absolute Gasteiger partial charge is 0.337 e. The van der Waals surface area contributed by atoms with Crippen LogP contribution in [0.1, 0.15) is 48.9 Å². The van der Waals surface area contributed by atoms with Gasteiger partial charge in [-0.15, -0.1) is 9.24 Å². The van der Waals surface area contributed by atoms with E-state index in [0.717, 1.165) is 27.6 Å². The molecule has 0 aliphatic heterocycles. The second-order valence-electron chi connectivity index (χ2n) is 8.58. The Hall–Kier alpha value is -3.84. The van der Waals surface area contributed by atoms with E-state index in [-0.39, 0.29) is 22.8 Å². The predicted molar refractivity (Wildman–Crippen MR) is 153 cm³/mol. The van der Waals surface area contributed by atoms with Crippen LogP contribution >= 0.6 is 9.24 Å². The first-order valence-electron chi connectivity index (χ1n) is 11.8. The number of rotatable bonds is 6. The van der Waals surface area contributed by atoms with Gasteiger partial charge in [0.1, 0.15) is 0 Å². The Kier molecular flexibility index (Phi) is 10.1. The molecule has 0 heterocycles. The minimum absolute atomic E-state index is 0.0490. The quantitative estimate of drug-likeness (QED) is 0.149. The molecule has 0 aromatic heterocycles. The summed E-state index contributed by atoms with van der Waals surface area (Å²) in [6.07, 6.45) is 0. The summed E-state index contributed by atoms with van der Waals surface area (Å²) in [6.45, 7) is 1.84. The summed E-state index contributed by atoms with van der Waals surface area (Å²) in [5.41, 5.74) is 5.17. The summed E-state index contributed by atoms with van der Waals surface area (Å²) >= 11 is 0. The fourth-order valence-electron chi connectivity index (χ4n) is 3.89. The number of hydrogen-bond acceptors (Lipinski definition) is 6. The van der Waals surface area contributed by atoms with Crippen molar-refractivity contribution in [2.24, 2.45) is 0 Å². The molecular formula is C30H29O7PS. The van der Waals surface area contributed by atoms with Gasteiger partial charge < -0.3 is 9.47 Å². The summed E-state index contributed by atoms with van der Waals surface area (Å²) in [6, 6.07) is 28.9. The van der Waals surface area contributed by atoms with Crippen LogP contribution in [0.2, 0.25) is 0 Å². The number of esters is 2. The summed E-state index contributed by atoms with van der Waals surface area (Å²) < 4.78 is 39.1. The SMILES string of the molecule is COC(=O)c1ccc(C(c2ccc(C(=O)OC)cc2)c2ccccc2P)cc1.Cc1ccc(S(=O)(=O)O)cc1. The topological polar surface area (TPSA) is 107 Å². The molecule has 0 spiro atoms. The first-order chi connectivity index (χ1) is 18.5. The van der Waals surface area contributed by atoms with Gasteiger partial charge in [0.25, 0.3) is 10.1 Å². The monoisotopic (exact) mass is 564 g/mol. The molecule has 4 aromatic rings. The van der Waals surface area contributed by atoms with Crippen molar-refractivity contribution in [1.29, 1.82) is 0 Å². The number of aryl methyl sites for hydroxylation is 1. The Morgan fingerprint density at radius 1 is 0.718 bits per heavy atom. The number of methoxy groups -OCH3 is 2. The normalized spacial score (nSPS) is 10.8. The Balaban J connectivity index is 0.000000320. The van der Waals surface area contributed by atoms with E-state index in [2.05, 4.69) is 15.3 Å². The molecule has 0 saturated carbocycles. The fourth-order valence-corrected chi connectivity index (χ4v) is 4.75. The Morgan fingerprint density at radius 3 is 1.54 bits per heavy atom. The van der Waals surface area contributed by atoms with Crippen molar-refractivity contribution in [1.82, 2.24) is 0 Å². The highest BCUT2D eigenvalue weighted by Crippen LogP contribution is 2.32. The summed E-state index contributed by atoms with van der Waals surface area (Å²) in [7, 11) is 1.49. The van der Waals surface area contributed by atoms with Crippen molar-refractivity contribution < 1.29 is 32.0 Å². The van der Waals surface area contributed by atoms with Crippen LogP contribution in [0.25, 0.3) is 0 Å². The molecule has 4 aromatic carbocycles. The van der Waals surface area contributed by atoms with Gasteiger partial charge in [0.15, 0.2) is 0 Å². The van der Waals surface area contributed by atoms with E-state index < -0.39 is 10.1 Å². The molecule has 1 unspecified atom stereocenters. The average molecular weight is 565 g/mol. The van der Waals surface area contributed by atoms with Crippen molar-refractivity contribution in [2.75, 3.05) is 14.2 Å². The lowest BCUT2D eigenvalue weighted by atomic mass is 9.84. The predicted octanol–water partition coefficient (Wildman–Crippen LogP) is 5.18. The van der Waals surface area contributed by atoms with E-state index in [1.165, 1.54) is 26.4 Å². The Morgan fingerprint density at radius 2 is 1.15 bits per heavy atom. The largest absolute Gasteiger partial charge is 0.465 e. The first-order valence-corrected chi connectivity index (χ1v) is 13.8. The highest BCUT2D eigenvalue weighted by molar-refractivity contribution is 7.85. The maximum atomic E-state index is 11.7. The van der Waals surface area contributed by atoms with Crippen molar-refractivity contribution in [2.45, 2.75) is 17.7 Å². The third-order valence-corrected chi connectivity index (χ3v) is 7.35. The molecule has 39 heavy (non-hydrogen) atoms. The van der Waals surface area contributed by atoms with Gasteiger partial charge in [-0.05, 0) is 65.3 Å². The van der Waals surface area contributed by atoms with Gasteiger partial charge in [-0.3, -0.25) is 4.55 Å². The first kappa shape index (κ1) is 29.7. The summed E-state index contributed by atoms with van der Waals surface area (Å²) in [5.74, 6) is -0.777. The number of carbonyl (C=O) groups excluding carboxylic acids is 2. The molecular weight excluding hydrogens is 535 g/mol. The molecule has 0 saturated heterocycles. The minimum Gasteiger partial charge on any atom is -0.465 e. The van der Waals surface area contributed by atoms with E-state index in [4.69, 9.17) is 14.0 Å². The molecule has 0 amide bonds. The lowest BCUT2D eigenvalue weighted by Crippen LogP contribution is -2.12. The van der Waals surface area contributed by atoms with Gasteiger partial charge in [-0.25, -0.2) is 9.59 Å². The second kappa shape index (κ2) is 13.3. The third-order valence-electron chi connectivity index (χ3n) is 5.96. The Bertz CT molecular complexity index is 1470. The molecule has 0 aliphatic carbocycles. The standard InChI is InChI=1S/C23H21O4P.C7H8O3S/c1-26-22(24)17-11-7-15(8-12-17)21(19-5-3-4-6-20(19)28)16-9-13-18(14-10-16)23(25)27-2;1-6-2-4-7(5-3-6)11(8,9)10/h3-14,21H,28H2,1-2H3;2-5H,1H3,(H,8,9,10). The summed E-state index contributed by atoms with van der Waals surface area (Å²) in [5, 5.41) is 1.08. The van der Waals surface area contributed by atoms with Crippen molar-refractivity contribution in [3.63, 3.8) is 0 Å². The van der Waals surface area contributed by atoms with Gasteiger partial charge in [0.2, 0.25) is 0 Å². The van der Waals surface area contributed by atoms with E-state index >= 15 is 0 Å². The molecule has 0 aliphatic rings. The zero-order chi connectivity index (χ0) is 28.6. The Labute approximate surface area is 230 Å². The van der Waals surface area contributed by atoms with Crippen LogP contribution in [0.4, 0.5) is 0 Å². The van der Waals surface area contributed by atoms with E-state index in [9.17, 15) is 18.0 Å². The molecule has 202 valence electrons. The molecule has 1 N–H and O–H groups in total. The van der Waals surface area contributed by atoms with E-state index in [0.29, 0.717) is 11.1 Å². The molecule has 7 nitrogen and oxygen atoms in total. The van der Waals surface area contributed by atoms with Gasteiger partial charge in [0, 0.05) is 5.92 Å². The van der Waals surface area contributed by atoms with Crippen LogP contribution in [0.5, 0.6) is 0 Å². The molecule has 0 radical (unpaired) electrons. The van der Waals surface area contributed by atoms with Gasteiger partial charge in [0.05, 0.1) is 30.2 Å². The molecule has 1 atom stereocenters. The zero-order valence-corrected chi connectivity index (χ0v) is 23.7. The molecule has 4 rings (SSSR count). The number of ether oxygens (including phenoxy) is 2. The van der Waals surface area contributed by atoms with Gasteiger partial charge in [-0.1, -0.05) is 66.2 Å². The highest BCUT2D eigenvalue weighted by atomic mass is 32.2. The van der Waals surface area contributed by atoms with Crippen LogP contribution in [-0.2, 0) is 19.6 Å². The number of hydrogen-bond donors (Lipinski definition) is 1.